The maximum Gasteiger partial charge on any atom is 0.348 e. The standard InChI is InChI=1S/C15H15BrN2OS/c1-9-14(16)10(2)18(15(19)17-9)8-12-7-11-5-3-4-6-13(11)20-12/h3-6,12H,7-8H2,1-2H3. The Bertz CT molecular complexity index is 701. The molecule has 1 aromatic carbocycles. The lowest BCUT2D eigenvalue weighted by molar-refractivity contribution is 0.602. The van der Waals surface area contributed by atoms with Gasteiger partial charge in [-0.05, 0) is 47.8 Å². The molecule has 0 radical (unpaired) electrons. The van der Waals surface area contributed by atoms with Gasteiger partial charge in [0.1, 0.15) is 0 Å². The van der Waals surface area contributed by atoms with E-state index in [1.54, 1.807) is 4.57 Å². The van der Waals surface area contributed by atoms with Crippen LogP contribution in [0.25, 0.3) is 0 Å². The highest BCUT2D eigenvalue weighted by molar-refractivity contribution is 9.10. The van der Waals surface area contributed by atoms with E-state index in [9.17, 15) is 4.79 Å². The fourth-order valence-electron chi connectivity index (χ4n) is 2.55. The zero-order chi connectivity index (χ0) is 14.3. The highest BCUT2D eigenvalue weighted by Crippen LogP contribution is 2.37. The molecule has 1 atom stereocenters. The quantitative estimate of drug-likeness (QED) is 0.832. The van der Waals surface area contributed by atoms with Gasteiger partial charge in [-0.25, -0.2) is 4.79 Å². The van der Waals surface area contributed by atoms with Crippen LogP contribution in [0.1, 0.15) is 17.0 Å². The van der Waals surface area contributed by atoms with Crippen molar-refractivity contribution in [2.24, 2.45) is 0 Å². The Hall–Kier alpha value is -1.07. The van der Waals surface area contributed by atoms with Gasteiger partial charge in [-0.2, -0.15) is 4.98 Å². The fraction of sp³-hybridized carbons (Fsp3) is 0.333. The minimum absolute atomic E-state index is 0.153. The van der Waals surface area contributed by atoms with Gasteiger partial charge in [0.25, 0.3) is 0 Å². The lowest BCUT2D eigenvalue weighted by Crippen LogP contribution is -2.30. The zero-order valence-corrected chi connectivity index (χ0v) is 13.8. The highest BCUT2D eigenvalue weighted by Gasteiger charge is 2.23. The molecular formula is C15H15BrN2OS. The van der Waals surface area contributed by atoms with Crippen LogP contribution in [0.2, 0.25) is 0 Å². The van der Waals surface area contributed by atoms with Gasteiger partial charge in [0.15, 0.2) is 0 Å². The number of hydrogen-bond acceptors (Lipinski definition) is 3. The number of halogens is 1. The van der Waals surface area contributed by atoms with Crippen LogP contribution in [0, 0.1) is 13.8 Å². The Morgan fingerprint density at radius 1 is 1.40 bits per heavy atom. The van der Waals surface area contributed by atoms with Crippen molar-refractivity contribution >= 4 is 27.7 Å². The maximum atomic E-state index is 12.1. The molecular weight excluding hydrogens is 336 g/mol. The molecule has 1 aliphatic heterocycles. The van der Waals surface area contributed by atoms with E-state index in [2.05, 4.69) is 45.2 Å². The minimum Gasteiger partial charge on any atom is -0.294 e. The Kier molecular flexibility index (Phi) is 3.73. The van der Waals surface area contributed by atoms with Gasteiger partial charge in [0.05, 0.1) is 10.2 Å². The van der Waals surface area contributed by atoms with Crippen molar-refractivity contribution in [2.75, 3.05) is 0 Å². The first kappa shape index (κ1) is 13.9. The number of aryl methyl sites for hydroxylation is 1. The van der Waals surface area contributed by atoms with Crippen LogP contribution in [0.4, 0.5) is 0 Å². The molecule has 1 unspecified atom stereocenters. The molecule has 0 amide bonds. The summed E-state index contributed by atoms with van der Waals surface area (Å²) in [7, 11) is 0. The number of hydrogen-bond donors (Lipinski definition) is 0. The third-order valence-corrected chi connectivity index (χ3v) is 6.08. The molecule has 20 heavy (non-hydrogen) atoms. The lowest BCUT2D eigenvalue weighted by atomic mass is 10.1. The van der Waals surface area contributed by atoms with Crippen molar-refractivity contribution in [1.82, 2.24) is 9.55 Å². The second-order valence-corrected chi connectivity index (χ2v) is 7.18. The van der Waals surface area contributed by atoms with Crippen LogP contribution in [-0.4, -0.2) is 14.8 Å². The molecule has 2 aromatic rings. The van der Waals surface area contributed by atoms with Crippen LogP contribution in [0.15, 0.2) is 38.4 Å². The summed E-state index contributed by atoms with van der Waals surface area (Å²) < 4.78 is 2.71. The first-order valence-electron chi connectivity index (χ1n) is 6.54. The molecule has 3 rings (SSSR count). The third-order valence-electron chi connectivity index (χ3n) is 3.63. The van der Waals surface area contributed by atoms with Gasteiger partial charge < -0.3 is 0 Å². The lowest BCUT2D eigenvalue weighted by Gasteiger charge is -2.15. The van der Waals surface area contributed by atoms with Gasteiger partial charge in [-0.1, -0.05) is 18.2 Å². The van der Waals surface area contributed by atoms with Gasteiger partial charge >= 0.3 is 5.69 Å². The minimum atomic E-state index is -0.153. The van der Waals surface area contributed by atoms with E-state index in [4.69, 9.17) is 0 Å². The van der Waals surface area contributed by atoms with E-state index in [1.165, 1.54) is 10.5 Å². The molecule has 5 heteroatoms. The number of thioether (sulfide) groups is 1. The molecule has 104 valence electrons. The summed E-state index contributed by atoms with van der Waals surface area (Å²) in [5, 5.41) is 0.403. The molecule has 1 aliphatic rings. The monoisotopic (exact) mass is 350 g/mol. The fourth-order valence-corrected chi connectivity index (χ4v) is 4.16. The van der Waals surface area contributed by atoms with Crippen molar-refractivity contribution in [3.63, 3.8) is 0 Å². The van der Waals surface area contributed by atoms with Crippen molar-refractivity contribution in [1.29, 1.82) is 0 Å². The van der Waals surface area contributed by atoms with Gasteiger partial charge in [0, 0.05) is 22.4 Å². The largest absolute Gasteiger partial charge is 0.348 e. The molecule has 2 heterocycles. The first-order valence-corrected chi connectivity index (χ1v) is 8.21. The van der Waals surface area contributed by atoms with E-state index in [0.29, 0.717) is 11.8 Å². The average Bonchev–Trinajstić information content (AvgIpc) is 2.83. The molecule has 0 fully saturated rings. The molecule has 1 aromatic heterocycles. The highest BCUT2D eigenvalue weighted by atomic mass is 79.9. The third kappa shape index (κ3) is 2.44. The van der Waals surface area contributed by atoms with Crippen LogP contribution >= 0.6 is 27.7 Å². The molecule has 0 N–H and O–H groups in total. The Balaban J connectivity index is 1.88. The molecule has 0 bridgehead atoms. The Labute approximate surface area is 130 Å². The zero-order valence-electron chi connectivity index (χ0n) is 11.4. The summed E-state index contributed by atoms with van der Waals surface area (Å²) in [4.78, 5) is 17.5. The van der Waals surface area contributed by atoms with Crippen LogP contribution in [0.5, 0.6) is 0 Å². The molecule has 0 aliphatic carbocycles. The van der Waals surface area contributed by atoms with Crippen molar-refractivity contribution in [2.45, 2.75) is 37.0 Å². The smallest absolute Gasteiger partial charge is 0.294 e. The number of fused-ring (bicyclic) bond motifs is 1. The SMILES string of the molecule is Cc1nc(=O)n(CC2Cc3ccccc3S2)c(C)c1Br. The summed E-state index contributed by atoms with van der Waals surface area (Å²) in [5.41, 5.74) is 2.94. The average molecular weight is 351 g/mol. The van der Waals surface area contributed by atoms with E-state index >= 15 is 0 Å². The van der Waals surface area contributed by atoms with Crippen molar-refractivity contribution in [3.05, 3.63) is 56.2 Å². The summed E-state index contributed by atoms with van der Waals surface area (Å²) in [6, 6.07) is 8.46. The summed E-state index contributed by atoms with van der Waals surface area (Å²) in [6.45, 7) is 4.52. The van der Waals surface area contributed by atoms with Crippen molar-refractivity contribution < 1.29 is 0 Å². The van der Waals surface area contributed by atoms with Crippen LogP contribution < -0.4 is 5.69 Å². The molecule has 3 nitrogen and oxygen atoms in total. The van der Waals surface area contributed by atoms with Crippen LogP contribution in [-0.2, 0) is 13.0 Å². The van der Waals surface area contributed by atoms with Gasteiger partial charge in [-0.15, -0.1) is 11.8 Å². The maximum absolute atomic E-state index is 12.1. The van der Waals surface area contributed by atoms with Gasteiger partial charge in [0.2, 0.25) is 0 Å². The second kappa shape index (κ2) is 5.37. The van der Waals surface area contributed by atoms with Crippen LogP contribution in [0.3, 0.4) is 0 Å². The summed E-state index contributed by atoms with van der Waals surface area (Å²) in [6.07, 6.45) is 1.01. The van der Waals surface area contributed by atoms with Crippen molar-refractivity contribution in [3.8, 4) is 0 Å². The summed E-state index contributed by atoms with van der Waals surface area (Å²) in [5.74, 6) is 0. The number of aromatic nitrogens is 2. The second-order valence-electron chi connectivity index (χ2n) is 5.04. The Morgan fingerprint density at radius 2 is 2.15 bits per heavy atom. The molecule has 0 spiro atoms. The molecule has 0 saturated heterocycles. The van der Waals surface area contributed by atoms with Gasteiger partial charge in [-0.3, -0.25) is 4.57 Å². The predicted molar refractivity (Wildman–Crippen MR) is 85.5 cm³/mol. The Morgan fingerprint density at radius 3 is 2.90 bits per heavy atom. The van der Waals surface area contributed by atoms with E-state index in [1.807, 2.05) is 25.6 Å². The molecule has 0 saturated carbocycles. The number of rotatable bonds is 2. The first-order chi connectivity index (χ1) is 9.56. The normalized spacial score (nSPS) is 17.2. The predicted octanol–water partition coefficient (Wildman–Crippen LogP) is 3.34. The summed E-state index contributed by atoms with van der Waals surface area (Å²) >= 11 is 5.37. The number of nitrogens with zero attached hydrogens (tertiary/aromatic N) is 2. The number of benzene rings is 1. The van der Waals surface area contributed by atoms with E-state index in [0.717, 1.165) is 22.3 Å². The van der Waals surface area contributed by atoms with E-state index < -0.39 is 0 Å². The topological polar surface area (TPSA) is 34.9 Å². The van der Waals surface area contributed by atoms with E-state index in [-0.39, 0.29) is 5.69 Å².